The maximum atomic E-state index is 12.3. The smallest absolute Gasteiger partial charge is 0.256 e. The van der Waals surface area contributed by atoms with Crippen LogP contribution in [0.4, 0.5) is 5.69 Å². The summed E-state index contributed by atoms with van der Waals surface area (Å²) in [4.78, 5) is 12.3. The van der Waals surface area contributed by atoms with E-state index in [2.05, 4.69) is 56.2 Å². The number of unbranched alkanes of at least 4 members (excludes halogenated alkanes) is 1. The second-order valence-corrected chi connectivity index (χ2v) is 6.65. The molecule has 110 valence electrons. The molecule has 2 aromatic rings. The Kier molecular flexibility index (Phi) is 6.00. The topological polar surface area (TPSA) is 29.1 Å². The molecule has 0 unspecified atom stereocenters. The lowest BCUT2D eigenvalue weighted by Gasteiger charge is -2.08. The number of benzene rings is 2. The van der Waals surface area contributed by atoms with Gasteiger partial charge in [0.05, 0.1) is 5.56 Å². The Balaban J connectivity index is 2.07. The highest BCUT2D eigenvalue weighted by atomic mass is 79.9. The summed E-state index contributed by atoms with van der Waals surface area (Å²) in [5.74, 6) is -0.121. The average molecular weight is 411 g/mol. The van der Waals surface area contributed by atoms with Crippen LogP contribution in [0.2, 0.25) is 0 Å². The molecule has 2 nitrogen and oxygen atoms in total. The normalized spacial score (nSPS) is 10.4. The Hall–Kier alpha value is -1.13. The molecule has 1 N–H and O–H groups in total. The molecule has 1 amide bonds. The van der Waals surface area contributed by atoms with Crippen molar-refractivity contribution in [1.29, 1.82) is 0 Å². The van der Waals surface area contributed by atoms with Gasteiger partial charge < -0.3 is 5.32 Å². The highest BCUT2D eigenvalue weighted by Gasteiger charge is 2.10. The van der Waals surface area contributed by atoms with Crippen molar-refractivity contribution in [3.05, 3.63) is 62.5 Å². The monoisotopic (exact) mass is 409 g/mol. The van der Waals surface area contributed by atoms with Crippen molar-refractivity contribution in [3.63, 3.8) is 0 Å². The summed E-state index contributed by atoms with van der Waals surface area (Å²) >= 11 is 6.79. The number of anilines is 1. The molecule has 0 spiro atoms. The summed E-state index contributed by atoms with van der Waals surface area (Å²) < 4.78 is 1.66. The third-order valence-electron chi connectivity index (χ3n) is 3.20. The summed E-state index contributed by atoms with van der Waals surface area (Å²) in [5.41, 5.74) is 2.73. The highest BCUT2D eigenvalue weighted by molar-refractivity contribution is 9.11. The van der Waals surface area contributed by atoms with Crippen molar-refractivity contribution in [1.82, 2.24) is 0 Å². The molecule has 0 heterocycles. The molecule has 2 aromatic carbocycles. The number of rotatable bonds is 5. The van der Waals surface area contributed by atoms with Gasteiger partial charge in [-0.25, -0.2) is 0 Å². The summed E-state index contributed by atoms with van der Waals surface area (Å²) in [6.45, 7) is 2.18. The minimum atomic E-state index is -0.121. The van der Waals surface area contributed by atoms with E-state index in [0.29, 0.717) is 5.56 Å². The fourth-order valence-corrected chi connectivity index (χ4v) is 2.79. The third-order valence-corrected chi connectivity index (χ3v) is 4.39. The molecule has 0 aliphatic carbocycles. The Morgan fingerprint density at radius 1 is 1.10 bits per heavy atom. The number of carbonyl (C=O) groups excluding carboxylic acids is 1. The lowest BCUT2D eigenvalue weighted by atomic mass is 10.1. The van der Waals surface area contributed by atoms with Crippen LogP contribution in [0.3, 0.4) is 0 Å². The van der Waals surface area contributed by atoms with Crippen molar-refractivity contribution in [2.45, 2.75) is 26.2 Å². The van der Waals surface area contributed by atoms with Gasteiger partial charge in [-0.3, -0.25) is 4.79 Å². The van der Waals surface area contributed by atoms with Crippen LogP contribution in [0.15, 0.2) is 51.4 Å². The van der Waals surface area contributed by atoms with Crippen LogP contribution in [-0.2, 0) is 6.42 Å². The first-order chi connectivity index (χ1) is 10.1. The number of hydrogen-bond acceptors (Lipinski definition) is 1. The van der Waals surface area contributed by atoms with Crippen LogP contribution < -0.4 is 5.32 Å². The molecule has 0 saturated heterocycles. The fourth-order valence-electron chi connectivity index (χ4n) is 2.01. The first kappa shape index (κ1) is 16.2. The molecule has 0 atom stereocenters. The highest BCUT2D eigenvalue weighted by Crippen LogP contribution is 2.23. The van der Waals surface area contributed by atoms with Gasteiger partial charge in [0.1, 0.15) is 0 Å². The molecule has 0 aromatic heterocycles. The van der Waals surface area contributed by atoms with Gasteiger partial charge >= 0.3 is 0 Å². The third kappa shape index (κ3) is 4.68. The molecule has 0 aliphatic heterocycles. The van der Waals surface area contributed by atoms with Gasteiger partial charge in [-0.05, 0) is 64.7 Å². The molecular weight excluding hydrogens is 394 g/mol. The summed E-state index contributed by atoms with van der Waals surface area (Å²) in [5, 5.41) is 2.92. The zero-order chi connectivity index (χ0) is 15.2. The quantitative estimate of drug-likeness (QED) is 0.662. The van der Waals surface area contributed by atoms with E-state index in [-0.39, 0.29) is 5.91 Å². The molecule has 4 heteroatoms. The van der Waals surface area contributed by atoms with Gasteiger partial charge in [0, 0.05) is 14.6 Å². The molecule has 2 rings (SSSR count). The number of carbonyl (C=O) groups is 1. The second kappa shape index (κ2) is 7.76. The Labute approximate surface area is 142 Å². The maximum absolute atomic E-state index is 12.3. The number of nitrogens with one attached hydrogen (secondary N) is 1. The van der Waals surface area contributed by atoms with Crippen molar-refractivity contribution >= 4 is 43.5 Å². The van der Waals surface area contributed by atoms with Gasteiger partial charge in [-0.2, -0.15) is 0 Å². The fraction of sp³-hybridized carbons (Fsp3) is 0.235. The van der Waals surface area contributed by atoms with Crippen LogP contribution in [-0.4, -0.2) is 5.91 Å². The standard InChI is InChI=1S/C17H17Br2NO/c1-2-3-4-12-5-8-14(9-6-12)20-17(21)15-11-13(18)7-10-16(15)19/h5-11H,2-4H2,1H3,(H,20,21). The van der Waals surface area contributed by atoms with E-state index in [1.807, 2.05) is 24.3 Å². The molecule has 0 fully saturated rings. The summed E-state index contributed by atoms with van der Waals surface area (Å²) in [6, 6.07) is 13.6. The number of hydrogen-bond donors (Lipinski definition) is 1. The van der Waals surface area contributed by atoms with Gasteiger partial charge in [0.25, 0.3) is 5.91 Å². The maximum Gasteiger partial charge on any atom is 0.256 e. The van der Waals surface area contributed by atoms with E-state index < -0.39 is 0 Å². The minimum absolute atomic E-state index is 0.121. The van der Waals surface area contributed by atoms with Crippen LogP contribution in [0.25, 0.3) is 0 Å². The van der Waals surface area contributed by atoms with Crippen LogP contribution in [0, 0.1) is 0 Å². The zero-order valence-electron chi connectivity index (χ0n) is 11.8. The molecule has 0 radical (unpaired) electrons. The molecule has 0 saturated carbocycles. The number of aryl methyl sites for hydroxylation is 1. The van der Waals surface area contributed by atoms with Crippen molar-refractivity contribution < 1.29 is 4.79 Å². The van der Waals surface area contributed by atoms with Gasteiger partial charge in [0.15, 0.2) is 0 Å². The number of halogens is 2. The van der Waals surface area contributed by atoms with Crippen LogP contribution in [0.1, 0.15) is 35.7 Å². The first-order valence-corrected chi connectivity index (χ1v) is 8.54. The Morgan fingerprint density at radius 2 is 1.81 bits per heavy atom. The van der Waals surface area contributed by atoms with Crippen LogP contribution >= 0.6 is 31.9 Å². The van der Waals surface area contributed by atoms with Gasteiger partial charge in [-0.1, -0.05) is 41.4 Å². The van der Waals surface area contributed by atoms with Crippen molar-refractivity contribution in [2.24, 2.45) is 0 Å². The summed E-state index contributed by atoms with van der Waals surface area (Å²) in [7, 11) is 0. The van der Waals surface area contributed by atoms with E-state index >= 15 is 0 Å². The van der Waals surface area contributed by atoms with E-state index in [1.54, 1.807) is 6.07 Å². The average Bonchev–Trinajstić information content (AvgIpc) is 2.49. The Bertz CT molecular complexity index is 623. The molecule has 0 bridgehead atoms. The largest absolute Gasteiger partial charge is 0.322 e. The van der Waals surface area contributed by atoms with Crippen molar-refractivity contribution in [3.8, 4) is 0 Å². The zero-order valence-corrected chi connectivity index (χ0v) is 15.0. The van der Waals surface area contributed by atoms with E-state index in [0.717, 1.165) is 21.1 Å². The second-order valence-electron chi connectivity index (χ2n) is 4.88. The predicted molar refractivity (Wildman–Crippen MR) is 94.8 cm³/mol. The SMILES string of the molecule is CCCCc1ccc(NC(=O)c2cc(Br)ccc2Br)cc1. The van der Waals surface area contributed by atoms with Crippen molar-refractivity contribution in [2.75, 3.05) is 5.32 Å². The molecule has 0 aliphatic rings. The van der Waals surface area contributed by atoms with E-state index in [4.69, 9.17) is 0 Å². The van der Waals surface area contributed by atoms with Crippen LogP contribution in [0.5, 0.6) is 0 Å². The van der Waals surface area contributed by atoms with E-state index in [1.165, 1.54) is 18.4 Å². The molecule has 21 heavy (non-hydrogen) atoms. The lowest BCUT2D eigenvalue weighted by Crippen LogP contribution is -2.12. The van der Waals surface area contributed by atoms with Gasteiger partial charge in [0.2, 0.25) is 0 Å². The minimum Gasteiger partial charge on any atom is -0.322 e. The first-order valence-electron chi connectivity index (χ1n) is 6.95. The lowest BCUT2D eigenvalue weighted by molar-refractivity contribution is 0.102. The summed E-state index contributed by atoms with van der Waals surface area (Å²) in [6.07, 6.45) is 3.47. The van der Waals surface area contributed by atoms with E-state index in [9.17, 15) is 4.79 Å². The predicted octanol–water partition coefficient (Wildman–Crippen LogP) is 5.81. The Morgan fingerprint density at radius 3 is 2.48 bits per heavy atom. The number of amides is 1. The molecular formula is C17H17Br2NO. The van der Waals surface area contributed by atoms with Gasteiger partial charge in [-0.15, -0.1) is 0 Å².